The maximum absolute atomic E-state index is 14.1. The molecule has 0 radical (unpaired) electrons. The predicted octanol–water partition coefficient (Wildman–Crippen LogP) is 4.03. The number of hydrogen-bond donors (Lipinski definition) is 4. The molecule has 1 aromatic carbocycles. The topological polar surface area (TPSA) is 92.5 Å². The van der Waals surface area contributed by atoms with Gasteiger partial charge in [-0.2, -0.15) is 26.3 Å². The zero-order chi connectivity index (χ0) is 20.1. The molecule has 2 rings (SSSR count). The highest BCUT2D eigenvalue weighted by Crippen LogP contribution is 2.64. The van der Waals surface area contributed by atoms with Crippen LogP contribution < -0.4 is 11.5 Å². The third-order valence-corrected chi connectivity index (χ3v) is 4.66. The lowest BCUT2D eigenvalue weighted by molar-refractivity contribution is -0.329. The molecule has 0 aromatic heterocycles. The maximum Gasteiger partial charge on any atom is 0.408 e. The average molecular weight is 382 g/mol. The van der Waals surface area contributed by atoms with E-state index in [4.69, 9.17) is 11.5 Å². The van der Waals surface area contributed by atoms with Crippen LogP contribution in [0.15, 0.2) is 41.8 Å². The average Bonchev–Trinajstić information content (AvgIpc) is 2.44. The van der Waals surface area contributed by atoms with Crippen molar-refractivity contribution < 1.29 is 36.6 Å². The summed E-state index contributed by atoms with van der Waals surface area (Å²) in [5, 5.41) is 18.9. The Bertz CT molecular complexity index is 768. The van der Waals surface area contributed by atoms with Crippen LogP contribution in [-0.4, -0.2) is 22.6 Å². The van der Waals surface area contributed by atoms with Gasteiger partial charge in [0, 0.05) is 11.8 Å². The van der Waals surface area contributed by atoms with Gasteiger partial charge in [0.1, 0.15) is 11.5 Å². The Morgan fingerprint density at radius 2 is 1.54 bits per heavy atom. The van der Waals surface area contributed by atoms with Gasteiger partial charge in [0.2, 0.25) is 0 Å². The lowest BCUT2D eigenvalue weighted by Gasteiger charge is -2.50. The third kappa shape index (κ3) is 2.63. The predicted molar refractivity (Wildman–Crippen MR) is 82.0 cm³/mol. The van der Waals surface area contributed by atoms with E-state index in [-0.39, 0.29) is 0 Å². The van der Waals surface area contributed by atoms with Gasteiger partial charge in [-0.05, 0) is 23.8 Å². The fourth-order valence-electron chi connectivity index (χ4n) is 3.43. The SMILES string of the molecule is CC1(C(c2ccc(O)c(N)c2)(C(F)(F)F)C(F)(F)F)C=CC(O)=C(N)C1. The second-order valence-electron chi connectivity index (χ2n) is 6.36. The number of phenolic OH excluding ortho intramolecular Hbond substituents is 1. The quantitative estimate of drug-likeness (QED) is 0.353. The van der Waals surface area contributed by atoms with E-state index in [9.17, 15) is 36.6 Å². The fourth-order valence-corrected chi connectivity index (χ4v) is 3.43. The molecule has 1 aliphatic carbocycles. The molecule has 1 aliphatic rings. The summed E-state index contributed by atoms with van der Waals surface area (Å²) in [7, 11) is 0. The van der Waals surface area contributed by atoms with E-state index < -0.39 is 58.1 Å². The Morgan fingerprint density at radius 3 is 1.96 bits per heavy atom. The number of rotatable bonds is 2. The molecule has 0 spiro atoms. The minimum absolute atomic E-state index is 0.448. The molecule has 4 nitrogen and oxygen atoms in total. The number of aliphatic hydroxyl groups excluding tert-OH is 1. The Morgan fingerprint density at radius 1 is 1.00 bits per heavy atom. The fraction of sp³-hybridized carbons (Fsp3) is 0.375. The van der Waals surface area contributed by atoms with E-state index in [1.54, 1.807) is 0 Å². The molecule has 1 unspecified atom stereocenters. The number of benzene rings is 1. The number of anilines is 1. The highest BCUT2D eigenvalue weighted by molar-refractivity contribution is 5.56. The van der Waals surface area contributed by atoms with Crippen molar-refractivity contribution in [2.75, 3.05) is 5.73 Å². The van der Waals surface area contributed by atoms with E-state index in [1.807, 2.05) is 0 Å². The first-order valence-corrected chi connectivity index (χ1v) is 7.26. The van der Waals surface area contributed by atoms with Crippen LogP contribution in [0.5, 0.6) is 5.75 Å². The normalized spacial score (nSPS) is 22.0. The zero-order valence-electron chi connectivity index (χ0n) is 13.4. The summed E-state index contributed by atoms with van der Waals surface area (Å²) in [6, 6.07) is 1.65. The molecule has 6 N–H and O–H groups in total. The van der Waals surface area contributed by atoms with Gasteiger partial charge >= 0.3 is 12.4 Å². The first-order valence-electron chi connectivity index (χ1n) is 7.26. The molecule has 0 aliphatic heterocycles. The van der Waals surface area contributed by atoms with Crippen LogP contribution in [0.2, 0.25) is 0 Å². The number of allylic oxidation sites excluding steroid dienone is 3. The van der Waals surface area contributed by atoms with E-state index in [0.29, 0.717) is 24.3 Å². The summed E-state index contributed by atoms with van der Waals surface area (Å²) in [4.78, 5) is 0. The number of nitrogen functional groups attached to an aromatic ring is 1. The van der Waals surface area contributed by atoms with Gasteiger partial charge in [-0.3, -0.25) is 0 Å². The van der Waals surface area contributed by atoms with Gasteiger partial charge in [-0.1, -0.05) is 19.1 Å². The lowest BCUT2D eigenvalue weighted by atomic mass is 9.56. The third-order valence-electron chi connectivity index (χ3n) is 4.66. The molecule has 0 saturated heterocycles. The van der Waals surface area contributed by atoms with Crippen molar-refractivity contribution in [3.8, 4) is 5.75 Å². The van der Waals surface area contributed by atoms with Crippen LogP contribution in [0, 0.1) is 5.41 Å². The standard InChI is InChI=1S/C16H16F6N2O2/c1-13(5-4-12(26)10(24)7-13)14(15(17,18)19,16(20,21)22)8-2-3-11(25)9(23)6-8/h2-6,25-26H,7,23-24H2,1H3. The van der Waals surface area contributed by atoms with Gasteiger partial charge in [0.15, 0.2) is 5.41 Å². The number of phenols is 1. The highest BCUT2D eigenvalue weighted by Gasteiger charge is 2.78. The second kappa shape index (κ2) is 5.75. The zero-order valence-corrected chi connectivity index (χ0v) is 13.4. The summed E-state index contributed by atoms with van der Waals surface area (Å²) in [5.74, 6) is -1.24. The molecule has 1 atom stereocenters. The number of alkyl halides is 6. The summed E-state index contributed by atoms with van der Waals surface area (Å²) in [6.45, 7) is 0.757. The van der Waals surface area contributed by atoms with Crippen LogP contribution in [0.3, 0.4) is 0 Å². The Labute approximate surface area is 144 Å². The van der Waals surface area contributed by atoms with Crippen molar-refractivity contribution in [2.24, 2.45) is 11.1 Å². The lowest BCUT2D eigenvalue weighted by Crippen LogP contribution is -2.63. The molecule has 0 amide bonds. The molecule has 0 heterocycles. The second-order valence-corrected chi connectivity index (χ2v) is 6.36. The van der Waals surface area contributed by atoms with Crippen molar-refractivity contribution in [1.29, 1.82) is 0 Å². The molecule has 0 bridgehead atoms. The van der Waals surface area contributed by atoms with Gasteiger partial charge in [0.05, 0.1) is 11.4 Å². The first-order chi connectivity index (χ1) is 11.7. The van der Waals surface area contributed by atoms with E-state index >= 15 is 0 Å². The molecule has 1 aromatic rings. The van der Waals surface area contributed by atoms with Crippen molar-refractivity contribution >= 4 is 5.69 Å². The molecule has 0 fully saturated rings. The summed E-state index contributed by atoms with van der Waals surface area (Å²) in [5.41, 5.74) is 1.50. The van der Waals surface area contributed by atoms with E-state index in [2.05, 4.69) is 0 Å². The van der Waals surface area contributed by atoms with Gasteiger partial charge in [-0.25, -0.2) is 0 Å². The van der Waals surface area contributed by atoms with Gasteiger partial charge in [-0.15, -0.1) is 0 Å². The summed E-state index contributed by atoms with van der Waals surface area (Å²) < 4.78 is 84.4. The van der Waals surface area contributed by atoms with Crippen LogP contribution in [-0.2, 0) is 5.41 Å². The summed E-state index contributed by atoms with van der Waals surface area (Å²) in [6.07, 6.45) is -11.1. The first kappa shape index (κ1) is 19.8. The van der Waals surface area contributed by atoms with Crippen LogP contribution in [0.4, 0.5) is 32.0 Å². The van der Waals surface area contributed by atoms with Crippen molar-refractivity contribution in [3.05, 3.63) is 47.4 Å². The number of nitrogens with two attached hydrogens (primary N) is 2. The van der Waals surface area contributed by atoms with Crippen molar-refractivity contribution in [1.82, 2.24) is 0 Å². The van der Waals surface area contributed by atoms with Crippen molar-refractivity contribution in [3.63, 3.8) is 0 Å². The van der Waals surface area contributed by atoms with Crippen molar-refractivity contribution in [2.45, 2.75) is 31.1 Å². The molecule has 26 heavy (non-hydrogen) atoms. The number of aromatic hydroxyl groups is 1. The van der Waals surface area contributed by atoms with E-state index in [0.717, 1.165) is 13.0 Å². The Kier molecular flexibility index (Phi) is 4.38. The Hall–Kier alpha value is -2.52. The largest absolute Gasteiger partial charge is 0.506 e. The Balaban J connectivity index is 2.91. The molecule has 0 saturated carbocycles. The smallest absolute Gasteiger partial charge is 0.408 e. The molecular weight excluding hydrogens is 366 g/mol. The molecular formula is C16H16F6N2O2. The number of halogens is 6. The molecule has 144 valence electrons. The minimum Gasteiger partial charge on any atom is -0.506 e. The molecule has 10 heteroatoms. The summed E-state index contributed by atoms with van der Waals surface area (Å²) >= 11 is 0. The highest BCUT2D eigenvalue weighted by atomic mass is 19.4. The van der Waals surface area contributed by atoms with Crippen LogP contribution in [0.25, 0.3) is 0 Å². The number of aliphatic hydroxyl groups is 1. The maximum atomic E-state index is 14.1. The van der Waals surface area contributed by atoms with Crippen LogP contribution in [0.1, 0.15) is 18.9 Å². The number of hydrogen-bond acceptors (Lipinski definition) is 4. The van der Waals surface area contributed by atoms with Gasteiger partial charge < -0.3 is 21.7 Å². The van der Waals surface area contributed by atoms with Crippen LogP contribution >= 0.6 is 0 Å². The monoisotopic (exact) mass is 382 g/mol. The minimum atomic E-state index is -5.79. The van der Waals surface area contributed by atoms with Gasteiger partial charge in [0.25, 0.3) is 0 Å². The van der Waals surface area contributed by atoms with E-state index in [1.165, 1.54) is 0 Å².